The maximum absolute atomic E-state index is 11.6. The summed E-state index contributed by atoms with van der Waals surface area (Å²) in [5.74, 6) is 0. The highest BCUT2D eigenvalue weighted by molar-refractivity contribution is 7.66. The van der Waals surface area contributed by atoms with Gasteiger partial charge in [-0.1, -0.05) is 6.08 Å². The van der Waals surface area contributed by atoms with Crippen LogP contribution in [0.5, 0.6) is 0 Å². The molecule has 1 aliphatic heterocycles. The van der Waals surface area contributed by atoms with Crippen LogP contribution in [0.1, 0.15) is 6.42 Å². The van der Waals surface area contributed by atoms with Crippen LogP contribution in [-0.4, -0.2) is 38.4 Å². The van der Waals surface area contributed by atoms with E-state index in [9.17, 15) is 4.57 Å². The van der Waals surface area contributed by atoms with Gasteiger partial charge < -0.3 is 9.46 Å². The highest BCUT2D eigenvalue weighted by Gasteiger charge is 2.17. The summed E-state index contributed by atoms with van der Waals surface area (Å²) in [6.45, 7) is 5.72. The molecular weight excluding hydrogens is 157 g/mol. The van der Waals surface area contributed by atoms with E-state index >= 15 is 0 Å². The van der Waals surface area contributed by atoms with Crippen LogP contribution in [0.2, 0.25) is 0 Å². The van der Waals surface area contributed by atoms with Gasteiger partial charge in [0.2, 0.25) is 0 Å². The van der Waals surface area contributed by atoms with Crippen LogP contribution in [0, 0.1) is 0 Å². The molecule has 64 valence electrons. The van der Waals surface area contributed by atoms with E-state index < -0.39 is 7.14 Å². The Morgan fingerprint density at radius 2 is 2.18 bits per heavy atom. The number of hydrogen-bond acceptors (Lipinski definition) is 2. The van der Waals surface area contributed by atoms with Crippen LogP contribution in [0.3, 0.4) is 0 Å². The highest BCUT2D eigenvalue weighted by Crippen LogP contribution is 2.48. The van der Waals surface area contributed by atoms with Crippen molar-refractivity contribution in [2.24, 2.45) is 0 Å². The minimum absolute atomic E-state index is 0.959. The van der Waals surface area contributed by atoms with Crippen LogP contribution in [0.15, 0.2) is 11.4 Å². The normalized spacial score (nSPS) is 21.5. The lowest BCUT2D eigenvalue weighted by Gasteiger charge is -2.23. The second-order valence-corrected chi connectivity index (χ2v) is 6.83. The van der Waals surface area contributed by atoms with Crippen molar-refractivity contribution >= 4 is 7.14 Å². The fourth-order valence-corrected chi connectivity index (χ4v) is 2.41. The van der Waals surface area contributed by atoms with Crippen LogP contribution >= 0.6 is 7.14 Å². The van der Waals surface area contributed by atoms with Crippen molar-refractivity contribution in [2.75, 3.05) is 33.5 Å². The summed E-state index contributed by atoms with van der Waals surface area (Å²) in [7, 11) is 0.154. The molecule has 0 unspecified atom stereocenters. The van der Waals surface area contributed by atoms with Crippen molar-refractivity contribution in [1.29, 1.82) is 0 Å². The Morgan fingerprint density at radius 1 is 1.55 bits per heavy atom. The van der Waals surface area contributed by atoms with Gasteiger partial charge in [0.1, 0.15) is 7.14 Å². The van der Waals surface area contributed by atoms with Gasteiger partial charge in [0.25, 0.3) is 0 Å². The van der Waals surface area contributed by atoms with E-state index in [1.807, 2.05) is 13.3 Å². The third-order valence-electron chi connectivity index (χ3n) is 2.08. The summed E-state index contributed by atoms with van der Waals surface area (Å²) in [5, 5.41) is 1.18. The molecule has 0 saturated heterocycles. The molecule has 0 fully saturated rings. The molecule has 1 heterocycles. The van der Waals surface area contributed by atoms with Gasteiger partial charge in [-0.3, -0.25) is 0 Å². The van der Waals surface area contributed by atoms with E-state index in [-0.39, 0.29) is 0 Å². The van der Waals surface area contributed by atoms with E-state index in [1.54, 1.807) is 0 Å². The lowest BCUT2D eigenvalue weighted by Crippen LogP contribution is -2.23. The minimum Gasteiger partial charge on any atom is -0.320 e. The quantitative estimate of drug-likeness (QED) is 0.564. The molecule has 0 N–H and O–H groups in total. The van der Waals surface area contributed by atoms with Crippen LogP contribution < -0.4 is 0 Å². The van der Waals surface area contributed by atoms with Crippen molar-refractivity contribution in [1.82, 2.24) is 4.90 Å². The molecule has 0 spiro atoms. The molecule has 1 rings (SSSR count). The molecule has 0 aromatic heterocycles. The molecular formula is C8H16NOP. The summed E-state index contributed by atoms with van der Waals surface area (Å²) >= 11 is 0. The molecule has 2 nitrogen and oxygen atoms in total. The predicted octanol–water partition coefficient (Wildman–Crippen LogP) is 1.83. The first-order chi connectivity index (χ1) is 5.00. The van der Waals surface area contributed by atoms with Crippen LogP contribution in [0.25, 0.3) is 0 Å². The Bertz CT molecular complexity index is 216. The predicted molar refractivity (Wildman–Crippen MR) is 49.7 cm³/mol. The van der Waals surface area contributed by atoms with E-state index in [2.05, 4.69) is 18.0 Å². The average Bonchev–Trinajstić information content (AvgIpc) is 1.86. The van der Waals surface area contributed by atoms with Gasteiger partial charge in [0, 0.05) is 13.1 Å². The third kappa shape index (κ3) is 2.46. The van der Waals surface area contributed by atoms with Crippen molar-refractivity contribution in [3.63, 3.8) is 0 Å². The summed E-state index contributed by atoms with van der Waals surface area (Å²) in [6.07, 6.45) is 3.10. The SMILES string of the molecule is CN1CC=C(P(C)(C)=O)CC1. The van der Waals surface area contributed by atoms with Gasteiger partial charge >= 0.3 is 0 Å². The zero-order chi connectivity index (χ0) is 8.48. The van der Waals surface area contributed by atoms with Gasteiger partial charge in [-0.25, -0.2) is 0 Å². The molecule has 0 aromatic carbocycles. The van der Waals surface area contributed by atoms with E-state index in [1.165, 1.54) is 5.31 Å². The van der Waals surface area contributed by atoms with Crippen LogP contribution in [0.4, 0.5) is 0 Å². The molecule has 0 aliphatic carbocycles. The lowest BCUT2D eigenvalue weighted by molar-refractivity contribution is 0.363. The zero-order valence-corrected chi connectivity index (χ0v) is 8.40. The summed E-state index contributed by atoms with van der Waals surface area (Å²) in [5.41, 5.74) is 0. The van der Waals surface area contributed by atoms with E-state index in [0.29, 0.717) is 0 Å². The number of hydrogen-bond donors (Lipinski definition) is 0. The Morgan fingerprint density at radius 3 is 2.55 bits per heavy atom. The number of nitrogens with zero attached hydrogens (tertiary/aromatic N) is 1. The van der Waals surface area contributed by atoms with Gasteiger partial charge in [-0.15, -0.1) is 0 Å². The molecule has 0 aromatic rings. The Hall–Kier alpha value is -0.0700. The van der Waals surface area contributed by atoms with E-state index in [0.717, 1.165) is 19.5 Å². The van der Waals surface area contributed by atoms with Gasteiger partial charge in [0.05, 0.1) is 0 Å². The zero-order valence-electron chi connectivity index (χ0n) is 7.50. The Balaban J connectivity index is 2.69. The van der Waals surface area contributed by atoms with Crippen molar-refractivity contribution < 1.29 is 4.57 Å². The minimum atomic E-state index is -1.93. The smallest absolute Gasteiger partial charge is 0.105 e. The summed E-state index contributed by atoms with van der Waals surface area (Å²) in [6, 6.07) is 0. The van der Waals surface area contributed by atoms with Gasteiger partial charge in [-0.2, -0.15) is 0 Å². The highest BCUT2D eigenvalue weighted by atomic mass is 31.2. The first kappa shape index (κ1) is 9.02. The number of likely N-dealkylation sites (N-methyl/N-ethyl adjacent to an activating group) is 1. The fourth-order valence-electron chi connectivity index (χ4n) is 1.25. The molecule has 0 radical (unpaired) electrons. The second-order valence-electron chi connectivity index (χ2n) is 3.56. The summed E-state index contributed by atoms with van der Waals surface area (Å²) in [4.78, 5) is 2.24. The van der Waals surface area contributed by atoms with Gasteiger partial charge in [0.15, 0.2) is 0 Å². The monoisotopic (exact) mass is 173 g/mol. The second kappa shape index (κ2) is 3.12. The molecule has 1 aliphatic rings. The number of rotatable bonds is 1. The Kier molecular flexibility index (Phi) is 2.56. The van der Waals surface area contributed by atoms with Crippen molar-refractivity contribution in [3.8, 4) is 0 Å². The van der Waals surface area contributed by atoms with Crippen molar-refractivity contribution in [3.05, 3.63) is 11.4 Å². The molecule has 3 heteroatoms. The van der Waals surface area contributed by atoms with Gasteiger partial charge in [-0.05, 0) is 32.1 Å². The van der Waals surface area contributed by atoms with E-state index in [4.69, 9.17) is 0 Å². The fraction of sp³-hybridized carbons (Fsp3) is 0.750. The standard InChI is InChI=1S/C8H16NOP/c1-9-6-4-8(5-7-9)11(2,3)10/h4H,5-7H2,1-3H3. The Labute approximate surface area is 68.6 Å². The third-order valence-corrected chi connectivity index (χ3v) is 3.87. The topological polar surface area (TPSA) is 20.3 Å². The maximum atomic E-state index is 11.6. The lowest BCUT2D eigenvalue weighted by atomic mass is 10.3. The summed E-state index contributed by atoms with van der Waals surface area (Å²) < 4.78 is 11.6. The average molecular weight is 173 g/mol. The van der Waals surface area contributed by atoms with Crippen LogP contribution in [-0.2, 0) is 4.57 Å². The molecule has 0 atom stereocenters. The first-order valence-electron chi connectivity index (χ1n) is 3.93. The molecule has 0 saturated carbocycles. The largest absolute Gasteiger partial charge is 0.320 e. The maximum Gasteiger partial charge on any atom is 0.105 e. The molecule has 0 amide bonds. The molecule has 11 heavy (non-hydrogen) atoms. The molecule has 0 bridgehead atoms. The first-order valence-corrected chi connectivity index (χ1v) is 6.53. The van der Waals surface area contributed by atoms with Crippen molar-refractivity contribution in [2.45, 2.75) is 6.42 Å².